The minimum atomic E-state index is -0.902. The highest BCUT2D eigenvalue weighted by Gasteiger charge is 2.71. The summed E-state index contributed by atoms with van der Waals surface area (Å²) in [7, 11) is 0. The summed E-state index contributed by atoms with van der Waals surface area (Å²) >= 11 is 0. The molecule has 1 aliphatic heterocycles. The highest BCUT2D eigenvalue weighted by atomic mass is 16.5. The molecule has 11 atom stereocenters. The number of hydrogen-bond donors (Lipinski definition) is 4. The molecular formula is C30H50O5. The van der Waals surface area contributed by atoms with Gasteiger partial charge in [-0.25, -0.2) is 0 Å². The van der Waals surface area contributed by atoms with Crippen LogP contribution >= 0.6 is 0 Å². The van der Waals surface area contributed by atoms with Crippen LogP contribution in [0.25, 0.3) is 0 Å². The van der Waals surface area contributed by atoms with E-state index in [2.05, 4.69) is 47.6 Å². The van der Waals surface area contributed by atoms with Crippen molar-refractivity contribution in [2.75, 3.05) is 0 Å². The van der Waals surface area contributed by atoms with E-state index in [-0.39, 0.29) is 45.5 Å². The van der Waals surface area contributed by atoms with Gasteiger partial charge in [0.15, 0.2) is 0 Å². The van der Waals surface area contributed by atoms with Crippen LogP contribution in [0.1, 0.15) is 100 Å². The van der Waals surface area contributed by atoms with Crippen molar-refractivity contribution in [3.63, 3.8) is 0 Å². The smallest absolute Gasteiger partial charge is 0.0865 e. The van der Waals surface area contributed by atoms with Gasteiger partial charge in [0.25, 0.3) is 0 Å². The molecule has 0 bridgehead atoms. The second-order valence-electron chi connectivity index (χ2n) is 15.2. The van der Waals surface area contributed by atoms with Crippen LogP contribution in [0.15, 0.2) is 11.6 Å². The predicted molar refractivity (Wildman–Crippen MR) is 137 cm³/mol. The predicted octanol–water partition coefficient (Wildman–Crippen LogP) is 4.60. The van der Waals surface area contributed by atoms with Crippen molar-refractivity contribution in [1.82, 2.24) is 0 Å². The van der Waals surface area contributed by atoms with Gasteiger partial charge in [0.2, 0.25) is 0 Å². The monoisotopic (exact) mass is 490 g/mol. The molecule has 5 aliphatic rings. The Labute approximate surface area is 212 Å². The third kappa shape index (κ3) is 3.30. The standard InChI is InChI=1S/C30H50O5/c1-25(2)21(33)10-12-27(5)17-9-13-28(6)24(30(8)14-11-22(35-30)26(3,4)34)20(32)16-29(28,7)18(17)15-19(31)23(25)27/h9,18-24,31-34H,10-16H2,1-8H3/t18-,19-,20-,21-,22-,23+,24-,27+,28+,29-,30+/m0/s1. The van der Waals surface area contributed by atoms with Gasteiger partial charge in [-0.15, -0.1) is 0 Å². The number of ether oxygens (including phenoxy) is 1. The second kappa shape index (κ2) is 7.56. The second-order valence-corrected chi connectivity index (χ2v) is 15.2. The number of fused-ring (bicyclic) bond motifs is 5. The molecule has 0 amide bonds. The molecule has 5 nitrogen and oxygen atoms in total. The van der Waals surface area contributed by atoms with Crippen molar-refractivity contribution in [3.05, 3.63) is 11.6 Å². The molecule has 5 rings (SSSR count). The third-order valence-electron chi connectivity index (χ3n) is 12.5. The molecule has 0 aromatic heterocycles. The molecule has 200 valence electrons. The fourth-order valence-corrected chi connectivity index (χ4v) is 10.6. The average Bonchev–Trinajstić information content (AvgIpc) is 3.20. The van der Waals surface area contributed by atoms with E-state index in [9.17, 15) is 20.4 Å². The van der Waals surface area contributed by atoms with Gasteiger partial charge in [0, 0.05) is 11.8 Å². The number of rotatable bonds is 2. The molecule has 0 radical (unpaired) electrons. The first kappa shape index (κ1) is 26.2. The minimum absolute atomic E-state index is 0.0274. The van der Waals surface area contributed by atoms with E-state index in [1.807, 2.05) is 13.8 Å². The average molecular weight is 491 g/mol. The number of aliphatic hydroxyl groups is 4. The Balaban J connectivity index is 1.55. The van der Waals surface area contributed by atoms with E-state index < -0.39 is 29.5 Å². The molecule has 4 N–H and O–H groups in total. The van der Waals surface area contributed by atoms with Crippen LogP contribution in [0.5, 0.6) is 0 Å². The van der Waals surface area contributed by atoms with Crippen LogP contribution in [-0.2, 0) is 4.74 Å². The summed E-state index contributed by atoms with van der Waals surface area (Å²) in [6, 6.07) is 0. The largest absolute Gasteiger partial charge is 0.393 e. The van der Waals surface area contributed by atoms with Gasteiger partial charge in [-0.3, -0.25) is 0 Å². The Morgan fingerprint density at radius 3 is 2.14 bits per heavy atom. The Morgan fingerprint density at radius 1 is 0.886 bits per heavy atom. The molecule has 3 saturated carbocycles. The zero-order valence-electron chi connectivity index (χ0n) is 23.3. The van der Waals surface area contributed by atoms with Gasteiger partial charge in [0.1, 0.15) is 0 Å². The Hall–Kier alpha value is -0.460. The van der Waals surface area contributed by atoms with Crippen LogP contribution in [0.3, 0.4) is 0 Å². The highest BCUT2D eigenvalue weighted by Crippen LogP contribution is 2.74. The lowest BCUT2D eigenvalue weighted by Gasteiger charge is -2.65. The molecule has 0 spiro atoms. The Morgan fingerprint density at radius 2 is 1.54 bits per heavy atom. The SMILES string of the molecule is CC(C)(O)[C@@H]1CC[C@](C)([C@H]2[C@@H](O)C[C@@]3(C)[C@H]4C[C@H](O)[C@@H]5C(C)(C)[C@@H](O)CC[C@]5(C)C4=CC[C@]23C)O1. The van der Waals surface area contributed by atoms with E-state index in [1.54, 1.807) is 0 Å². The Bertz CT molecular complexity index is 905. The number of allylic oxidation sites excluding steroid dienone is 2. The maximum absolute atomic E-state index is 11.7. The maximum Gasteiger partial charge on any atom is 0.0865 e. The summed E-state index contributed by atoms with van der Waals surface area (Å²) in [6.45, 7) is 17.1. The molecule has 0 aromatic rings. The van der Waals surface area contributed by atoms with Gasteiger partial charge in [-0.05, 0) is 93.3 Å². The fourth-order valence-electron chi connectivity index (χ4n) is 10.6. The molecule has 4 fully saturated rings. The molecule has 1 saturated heterocycles. The van der Waals surface area contributed by atoms with Gasteiger partial charge < -0.3 is 25.2 Å². The van der Waals surface area contributed by atoms with Crippen molar-refractivity contribution in [1.29, 1.82) is 0 Å². The lowest BCUT2D eigenvalue weighted by atomic mass is 9.40. The lowest BCUT2D eigenvalue weighted by Crippen LogP contribution is -2.62. The first-order valence-corrected chi connectivity index (χ1v) is 14.1. The van der Waals surface area contributed by atoms with Crippen LogP contribution in [0.4, 0.5) is 0 Å². The molecule has 0 unspecified atom stereocenters. The van der Waals surface area contributed by atoms with Crippen LogP contribution in [0.2, 0.25) is 0 Å². The molecule has 35 heavy (non-hydrogen) atoms. The topological polar surface area (TPSA) is 90.2 Å². The van der Waals surface area contributed by atoms with E-state index in [0.29, 0.717) is 12.8 Å². The van der Waals surface area contributed by atoms with Gasteiger partial charge in [-0.1, -0.05) is 46.3 Å². The first-order valence-electron chi connectivity index (χ1n) is 14.1. The minimum Gasteiger partial charge on any atom is -0.393 e. The van der Waals surface area contributed by atoms with Crippen molar-refractivity contribution >= 4 is 0 Å². The van der Waals surface area contributed by atoms with Crippen LogP contribution in [0, 0.1) is 39.4 Å². The molecule has 0 aromatic carbocycles. The quantitative estimate of drug-likeness (QED) is 0.425. The normalized spacial score (nSPS) is 55.7. The maximum atomic E-state index is 11.7. The third-order valence-corrected chi connectivity index (χ3v) is 12.5. The highest BCUT2D eigenvalue weighted by molar-refractivity contribution is 5.35. The van der Waals surface area contributed by atoms with Crippen molar-refractivity contribution in [2.45, 2.75) is 136 Å². The van der Waals surface area contributed by atoms with Crippen molar-refractivity contribution in [3.8, 4) is 0 Å². The van der Waals surface area contributed by atoms with Gasteiger partial charge >= 0.3 is 0 Å². The summed E-state index contributed by atoms with van der Waals surface area (Å²) < 4.78 is 6.62. The fraction of sp³-hybridized carbons (Fsp3) is 0.933. The summed E-state index contributed by atoms with van der Waals surface area (Å²) in [4.78, 5) is 0. The van der Waals surface area contributed by atoms with Crippen molar-refractivity contribution < 1.29 is 25.2 Å². The lowest BCUT2D eigenvalue weighted by molar-refractivity contribution is -0.183. The number of aliphatic hydroxyl groups excluding tert-OH is 3. The zero-order valence-corrected chi connectivity index (χ0v) is 23.3. The zero-order chi connectivity index (χ0) is 26.0. The van der Waals surface area contributed by atoms with E-state index in [4.69, 9.17) is 4.74 Å². The summed E-state index contributed by atoms with van der Waals surface area (Å²) in [5.74, 6) is 0.204. The van der Waals surface area contributed by atoms with E-state index >= 15 is 0 Å². The number of hydrogen-bond acceptors (Lipinski definition) is 5. The van der Waals surface area contributed by atoms with Crippen LogP contribution in [-0.4, -0.2) is 56.0 Å². The molecule has 5 heteroatoms. The van der Waals surface area contributed by atoms with Gasteiger partial charge in [0.05, 0.1) is 35.6 Å². The summed E-state index contributed by atoms with van der Waals surface area (Å²) in [5, 5.41) is 44.8. The van der Waals surface area contributed by atoms with Crippen molar-refractivity contribution in [2.24, 2.45) is 39.4 Å². The molecule has 1 heterocycles. The molecular weight excluding hydrogens is 440 g/mol. The van der Waals surface area contributed by atoms with Crippen LogP contribution < -0.4 is 0 Å². The van der Waals surface area contributed by atoms with Gasteiger partial charge in [-0.2, -0.15) is 0 Å². The summed E-state index contributed by atoms with van der Waals surface area (Å²) in [6.07, 6.45) is 6.50. The first-order chi connectivity index (χ1) is 15.9. The van der Waals surface area contributed by atoms with E-state index in [0.717, 1.165) is 32.1 Å². The molecule has 4 aliphatic carbocycles. The summed E-state index contributed by atoms with van der Waals surface area (Å²) in [5.41, 5.74) is -0.731. The Kier molecular flexibility index (Phi) is 5.65. The van der Waals surface area contributed by atoms with E-state index in [1.165, 1.54) is 5.57 Å².